The fraction of sp³-hybridized carbons (Fsp3) is 0.130. The lowest BCUT2D eigenvalue weighted by atomic mass is 10.2. The van der Waals surface area contributed by atoms with Gasteiger partial charge < -0.3 is 9.47 Å². The van der Waals surface area contributed by atoms with Crippen molar-refractivity contribution < 1.29 is 45.4 Å². The molecule has 0 unspecified atom stereocenters. The lowest BCUT2D eigenvalue weighted by molar-refractivity contribution is -0.137. The van der Waals surface area contributed by atoms with E-state index in [9.17, 15) is 35.9 Å². The van der Waals surface area contributed by atoms with Crippen molar-refractivity contribution in [1.82, 2.24) is 5.32 Å². The van der Waals surface area contributed by atoms with E-state index in [0.717, 1.165) is 42.5 Å². The quantitative estimate of drug-likeness (QED) is 0.290. The minimum atomic E-state index is -4.62. The first-order valence-electron chi connectivity index (χ1n) is 9.82. The fourth-order valence-electron chi connectivity index (χ4n) is 2.97. The first kappa shape index (κ1) is 26.8. The molecule has 0 atom stereocenters. The van der Waals surface area contributed by atoms with Crippen LogP contribution in [0.15, 0.2) is 54.6 Å². The number of benzene rings is 3. The number of hydrogen-bond donors (Lipinski definition) is 1. The summed E-state index contributed by atoms with van der Waals surface area (Å²) in [6, 6.07) is 6.74. The van der Waals surface area contributed by atoms with Crippen LogP contribution in [0.4, 0.5) is 36.8 Å². The van der Waals surface area contributed by atoms with Crippen LogP contribution in [0.2, 0.25) is 5.02 Å². The molecular weight excluding hydrogens is 518 g/mol. The van der Waals surface area contributed by atoms with E-state index >= 15 is 0 Å². The number of carbonyl (C=O) groups is 2. The summed E-state index contributed by atoms with van der Waals surface area (Å²) in [5.74, 6) is -5.27. The maximum atomic E-state index is 14.9. The Balaban J connectivity index is 1.81. The maximum Gasteiger partial charge on any atom is 0.416 e. The molecule has 0 aromatic heterocycles. The van der Waals surface area contributed by atoms with E-state index in [-0.39, 0.29) is 16.5 Å². The van der Waals surface area contributed by atoms with Gasteiger partial charge in [0.1, 0.15) is 35.4 Å². The third-order valence-corrected chi connectivity index (χ3v) is 4.91. The fourth-order valence-corrected chi connectivity index (χ4v) is 3.18. The molecule has 0 fully saturated rings. The maximum absolute atomic E-state index is 14.9. The average Bonchev–Trinajstić information content (AvgIpc) is 2.78. The van der Waals surface area contributed by atoms with Crippen LogP contribution in [-0.2, 0) is 10.9 Å². The number of alkyl halides is 3. The molecule has 0 saturated carbocycles. The number of nitrogens with zero attached hydrogens (tertiary/aromatic N) is 1. The molecule has 1 N–H and O–H groups in total. The Morgan fingerprint density at radius 1 is 0.972 bits per heavy atom. The number of anilines is 1. The number of imide groups is 1. The number of amides is 3. The third kappa shape index (κ3) is 6.07. The van der Waals surface area contributed by atoms with Crippen LogP contribution in [0.25, 0.3) is 0 Å². The Morgan fingerprint density at radius 2 is 1.64 bits per heavy atom. The highest BCUT2D eigenvalue weighted by Crippen LogP contribution is 2.37. The summed E-state index contributed by atoms with van der Waals surface area (Å²) >= 11 is 5.83. The second-order valence-electron chi connectivity index (χ2n) is 7.06. The number of methoxy groups -OCH3 is 1. The molecule has 36 heavy (non-hydrogen) atoms. The molecule has 0 spiro atoms. The van der Waals surface area contributed by atoms with Gasteiger partial charge in [-0.05, 0) is 42.5 Å². The van der Waals surface area contributed by atoms with Crippen molar-refractivity contribution in [2.24, 2.45) is 0 Å². The highest BCUT2D eigenvalue weighted by molar-refractivity contribution is 6.32. The van der Waals surface area contributed by atoms with E-state index in [2.05, 4.69) is 0 Å². The minimum Gasteiger partial charge on any atom is -0.456 e. The number of halogens is 7. The second-order valence-corrected chi connectivity index (χ2v) is 7.47. The molecule has 3 aromatic rings. The van der Waals surface area contributed by atoms with E-state index in [4.69, 9.17) is 21.1 Å². The molecule has 0 aliphatic rings. The van der Waals surface area contributed by atoms with Gasteiger partial charge in [-0.2, -0.15) is 13.2 Å². The van der Waals surface area contributed by atoms with E-state index < -0.39 is 59.1 Å². The number of ether oxygens (including phenoxy) is 2. The monoisotopic (exact) mass is 532 g/mol. The lowest BCUT2D eigenvalue weighted by Gasteiger charge is -2.22. The molecule has 0 saturated heterocycles. The van der Waals surface area contributed by atoms with Gasteiger partial charge in [0.25, 0.3) is 5.91 Å². The molecule has 0 radical (unpaired) electrons. The van der Waals surface area contributed by atoms with Gasteiger partial charge in [0, 0.05) is 13.2 Å². The molecule has 3 rings (SSSR count). The van der Waals surface area contributed by atoms with Crippen LogP contribution in [0, 0.1) is 17.5 Å². The number of hydrogen-bond acceptors (Lipinski definition) is 4. The van der Waals surface area contributed by atoms with E-state index in [1.807, 2.05) is 0 Å². The van der Waals surface area contributed by atoms with Crippen molar-refractivity contribution in [1.29, 1.82) is 0 Å². The molecule has 190 valence electrons. The van der Waals surface area contributed by atoms with Gasteiger partial charge in [0.05, 0.1) is 16.3 Å². The molecule has 0 aliphatic carbocycles. The standard InChI is InChI=1S/C23H15ClF6N2O4/c1-35-11-32(22(34)31-21(33)20-15(25)3-2-4-16(20)26)18-7-6-13(10-17(18)27)36-19-8-5-12(9-14(19)24)23(28,29)30/h2-10H,11H2,1H3,(H,31,33,34). The minimum absolute atomic E-state index is 0.180. The summed E-state index contributed by atoms with van der Waals surface area (Å²) in [5, 5.41) is 1.37. The van der Waals surface area contributed by atoms with Crippen molar-refractivity contribution in [2.45, 2.75) is 6.18 Å². The van der Waals surface area contributed by atoms with E-state index in [0.29, 0.717) is 11.0 Å². The van der Waals surface area contributed by atoms with Crippen molar-refractivity contribution >= 4 is 29.2 Å². The molecule has 0 bridgehead atoms. The van der Waals surface area contributed by atoms with Crippen LogP contribution >= 0.6 is 11.6 Å². The van der Waals surface area contributed by atoms with Crippen LogP contribution < -0.4 is 15.0 Å². The van der Waals surface area contributed by atoms with Gasteiger partial charge in [-0.15, -0.1) is 0 Å². The third-order valence-electron chi connectivity index (χ3n) is 4.61. The largest absolute Gasteiger partial charge is 0.456 e. The normalized spacial score (nSPS) is 11.2. The topological polar surface area (TPSA) is 67.9 Å². The zero-order chi connectivity index (χ0) is 26.6. The van der Waals surface area contributed by atoms with Crippen molar-refractivity contribution in [3.63, 3.8) is 0 Å². The zero-order valence-electron chi connectivity index (χ0n) is 18.1. The molecule has 3 aromatic carbocycles. The number of nitrogens with one attached hydrogen (secondary N) is 1. The van der Waals surface area contributed by atoms with E-state index in [1.54, 1.807) is 5.32 Å². The summed E-state index contributed by atoms with van der Waals surface area (Å²) in [5.41, 5.74) is -2.43. The Hall–Kier alpha value is -3.77. The molecule has 0 heterocycles. The Bertz CT molecular complexity index is 1280. The predicted molar refractivity (Wildman–Crippen MR) is 117 cm³/mol. The molecular formula is C23H15ClF6N2O4. The summed E-state index contributed by atoms with van der Waals surface area (Å²) in [6.45, 7) is -0.569. The van der Waals surface area contributed by atoms with Crippen molar-refractivity contribution in [3.05, 3.63) is 88.2 Å². The SMILES string of the molecule is COCN(C(=O)NC(=O)c1c(F)cccc1F)c1ccc(Oc2ccc(C(F)(F)F)cc2Cl)cc1F. The van der Waals surface area contributed by atoms with Gasteiger partial charge in [0.15, 0.2) is 5.82 Å². The van der Waals surface area contributed by atoms with Crippen LogP contribution in [-0.4, -0.2) is 25.8 Å². The van der Waals surface area contributed by atoms with Crippen LogP contribution in [0.1, 0.15) is 15.9 Å². The Labute approximate surface area is 205 Å². The van der Waals surface area contributed by atoms with Gasteiger partial charge in [-0.1, -0.05) is 17.7 Å². The lowest BCUT2D eigenvalue weighted by Crippen LogP contribution is -2.44. The predicted octanol–water partition coefficient (Wildman–Crippen LogP) is 6.53. The average molecular weight is 533 g/mol. The molecule has 0 aliphatic heterocycles. The number of urea groups is 1. The summed E-state index contributed by atoms with van der Waals surface area (Å²) in [7, 11) is 1.17. The smallest absolute Gasteiger partial charge is 0.416 e. The second kappa shape index (κ2) is 10.9. The van der Waals surface area contributed by atoms with Crippen molar-refractivity contribution in [2.75, 3.05) is 18.7 Å². The highest BCUT2D eigenvalue weighted by Gasteiger charge is 2.31. The van der Waals surface area contributed by atoms with E-state index in [1.165, 1.54) is 13.2 Å². The van der Waals surface area contributed by atoms with Crippen LogP contribution in [0.3, 0.4) is 0 Å². The Morgan fingerprint density at radius 3 is 2.19 bits per heavy atom. The highest BCUT2D eigenvalue weighted by atomic mass is 35.5. The summed E-state index contributed by atoms with van der Waals surface area (Å²) < 4.78 is 91.1. The first-order chi connectivity index (χ1) is 16.9. The molecule has 6 nitrogen and oxygen atoms in total. The zero-order valence-corrected chi connectivity index (χ0v) is 18.9. The summed E-state index contributed by atoms with van der Waals surface area (Å²) in [6.07, 6.45) is -4.62. The van der Waals surface area contributed by atoms with Gasteiger partial charge >= 0.3 is 12.2 Å². The summed E-state index contributed by atoms with van der Waals surface area (Å²) in [4.78, 5) is 25.4. The van der Waals surface area contributed by atoms with Gasteiger partial charge in [0.2, 0.25) is 0 Å². The number of rotatable bonds is 6. The number of carbonyl (C=O) groups excluding carboxylic acids is 2. The van der Waals surface area contributed by atoms with Crippen molar-refractivity contribution in [3.8, 4) is 11.5 Å². The van der Waals surface area contributed by atoms with Crippen LogP contribution in [0.5, 0.6) is 11.5 Å². The Kier molecular flexibility index (Phi) is 8.10. The van der Waals surface area contributed by atoms with Gasteiger partial charge in [-0.3, -0.25) is 15.0 Å². The molecule has 13 heteroatoms. The molecule has 3 amide bonds. The first-order valence-corrected chi connectivity index (χ1v) is 10.2. The van der Waals surface area contributed by atoms with Gasteiger partial charge in [-0.25, -0.2) is 18.0 Å².